The van der Waals surface area contributed by atoms with Crippen LogP contribution in [0.5, 0.6) is 0 Å². The van der Waals surface area contributed by atoms with E-state index in [1.807, 2.05) is 26.8 Å². The Labute approximate surface area is 71.8 Å². The average molecular weight is 164 g/mol. The van der Waals surface area contributed by atoms with Crippen LogP contribution in [0.3, 0.4) is 0 Å². The van der Waals surface area contributed by atoms with E-state index in [1.165, 1.54) is 0 Å². The Balaban J connectivity index is 2.86. The van der Waals surface area contributed by atoms with Gasteiger partial charge in [-0.3, -0.25) is 0 Å². The van der Waals surface area contributed by atoms with Gasteiger partial charge in [-0.05, 0) is 0 Å². The summed E-state index contributed by atoms with van der Waals surface area (Å²) in [4.78, 5) is 4.11. The van der Waals surface area contributed by atoms with E-state index in [9.17, 15) is 0 Å². The van der Waals surface area contributed by atoms with Gasteiger partial charge in [-0.1, -0.05) is 20.8 Å². The number of aromatic nitrogens is 3. The lowest BCUT2D eigenvalue weighted by molar-refractivity contribution is 0.535. The first-order valence-corrected chi connectivity index (χ1v) is 3.81. The normalized spacial score (nSPS) is 11.2. The monoisotopic (exact) mass is 164 g/mol. The molecule has 1 aromatic heterocycles. The lowest BCUT2D eigenvalue weighted by atomic mass is 9.96. The minimum Gasteiger partial charge on any atom is -0.238 e. The number of nitrogens with zero attached hydrogens (tertiary/aromatic N) is 4. The maximum Gasteiger partial charge on any atom is 0.155 e. The summed E-state index contributed by atoms with van der Waals surface area (Å²) in [6.07, 6.45) is 1.59. The molecular weight excluding hydrogens is 152 g/mol. The molecule has 0 aliphatic carbocycles. The third-order valence-corrected chi connectivity index (χ3v) is 1.44. The molecule has 4 heteroatoms. The number of hydrogen-bond acceptors (Lipinski definition) is 3. The zero-order valence-electron chi connectivity index (χ0n) is 7.57. The molecule has 0 fully saturated rings. The predicted molar refractivity (Wildman–Crippen MR) is 44.3 cm³/mol. The second kappa shape index (κ2) is 2.94. The molecule has 12 heavy (non-hydrogen) atoms. The molecule has 1 heterocycles. The van der Waals surface area contributed by atoms with Crippen LogP contribution in [0, 0.1) is 11.3 Å². The summed E-state index contributed by atoms with van der Waals surface area (Å²) in [6.45, 7) is 6.39. The first-order chi connectivity index (χ1) is 5.54. The van der Waals surface area contributed by atoms with Gasteiger partial charge >= 0.3 is 0 Å². The van der Waals surface area contributed by atoms with Gasteiger partial charge in [-0.15, -0.1) is 0 Å². The van der Waals surface area contributed by atoms with E-state index in [1.54, 1.807) is 11.0 Å². The van der Waals surface area contributed by atoms with Crippen molar-refractivity contribution in [2.75, 3.05) is 0 Å². The minimum atomic E-state index is -0.0410. The van der Waals surface area contributed by atoms with Gasteiger partial charge in [0, 0.05) is 5.41 Å². The minimum absolute atomic E-state index is 0.0410. The number of hydrogen-bond donors (Lipinski definition) is 0. The van der Waals surface area contributed by atoms with Crippen LogP contribution in [0.4, 0.5) is 0 Å². The molecule has 0 aliphatic rings. The second-order valence-corrected chi connectivity index (χ2v) is 3.67. The van der Waals surface area contributed by atoms with Crippen molar-refractivity contribution < 1.29 is 0 Å². The molecule has 1 rings (SSSR count). The largest absolute Gasteiger partial charge is 0.238 e. The summed E-state index contributed by atoms with van der Waals surface area (Å²) in [5, 5.41) is 12.5. The summed E-state index contributed by atoms with van der Waals surface area (Å²) in [5.74, 6) is 0.776. The number of rotatable bonds is 1. The van der Waals surface area contributed by atoms with Crippen LogP contribution < -0.4 is 0 Å². The van der Waals surface area contributed by atoms with Crippen LogP contribution in [0.25, 0.3) is 0 Å². The lowest BCUT2D eigenvalue weighted by Crippen LogP contribution is -2.14. The van der Waals surface area contributed by atoms with Crippen LogP contribution in [-0.2, 0) is 12.0 Å². The predicted octanol–water partition coefficient (Wildman–Crippen LogP) is 1.10. The van der Waals surface area contributed by atoms with Crippen molar-refractivity contribution in [1.29, 1.82) is 5.26 Å². The summed E-state index contributed by atoms with van der Waals surface area (Å²) < 4.78 is 1.54. The number of nitriles is 1. The molecule has 0 aliphatic heterocycles. The first-order valence-electron chi connectivity index (χ1n) is 3.81. The van der Waals surface area contributed by atoms with Gasteiger partial charge in [0.15, 0.2) is 5.82 Å². The zero-order chi connectivity index (χ0) is 9.19. The Bertz CT molecular complexity index is 300. The molecule has 0 amide bonds. The first kappa shape index (κ1) is 8.72. The maximum absolute atomic E-state index is 8.39. The van der Waals surface area contributed by atoms with Gasteiger partial charge in [0.25, 0.3) is 0 Å². The summed E-state index contributed by atoms with van der Waals surface area (Å²) in [7, 11) is 0. The standard InChI is InChI=1S/C8H12N4/c1-8(2,3)7-10-6-12(11-7)5-4-9/h6H,5H2,1-3H3. The van der Waals surface area contributed by atoms with Crippen LogP contribution in [0.2, 0.25) is 0 Å². The van der Waals surface area contributed by atoms with Crippen molar-refractivity contribution in [2.24, 2.45) is 0 Å². The zero-order valence-corrected chi connectivity index (χ0v) is 7.57. The summed E-state index contributed by atoms with van der Waals surface area (Å²) in [6, 6.07) is 2.01. The summed E-state index contributed by atoms with van der Waals surface area (Å²) >= 11 is 0. The van der Waals surface area contributed by atoms with Crippen molar-refractivity contribution in [2.45, 2.75) is 32.7 Å². The fraction of sp³-hybridized carbons (Fsp3) is 0.625. The molecule has 0 atom stereocenters. The lowest BCUT2D eigenvalue weighted by Gasteiger charge is -2.11. The Morgan fingerprint density at radius 3 is 2.67 bits per heavy atom. The Kier molecular flexibility index (Phi) is 2.13. The highest BCUT2D eigenvalue weighted by Crippen LogP contribution is 2.16. The molecule has 0 radical (unpaired) electrons. The second-order valence-electron chi connectivity index (χ2n) is 3.67. The molecular formula is C8H12N4. The van der Waals surface area contributed by atoms with Gasteiger partial charge in [-0.2, -0.15) is 10.4 Å². The molecule has 0 spiro atoms. The highest BCUT2D eigenvalue weighted by Gasteiger charge is 2.18. The molecule has 64 valence electrons. The fourth-order valence-electron chi connectivity index (χ4n) is 0.787. The Morgan fingerprint density at radius 2 is 2.25 bits per heavy atom. The molecule has 0 bridgehead atoms. The van der Waals surface area contributed by atoms with Gasteiger partial charge < -0.3 is 0 Å². The molecule has 0 saturated heterocycles. The highest BCUT2D eigenvalue weighted by molar-refractivity contribution is 4.98. The van der Waals surface area contributed by atoms with Crippen LogP contribution in [0.1, 0.15) is 26.6 Å². The van der Waals surface area contributed by atoms with E-state index in [0.717, 1.165) is 5.82 Å². The van der Waals surface area contributed by atoms with E-state index < -0.39 is 0 Å². The van der Waals surface area contributed by atoms with Crippen molar-refractivity contribution >= 4 is 0 Å². The molecule has 0 aromatic carbocycles. The molecule has 1 aromatic rings. The maximum atomic E-state index is 8.39. The van der Waals surface area contributed by atoms with E-state index in [-0.39, 0.29) is 12.0 Å². The van der Waals surface area contributed by atoms with Gasteiger partial charge in [-0.25, -0.2) is 9.67 Å². The van der Waals surface area contributed by atoms with E-state index in [0.29, 0.717) is 0 Å². The third kappa shape index (κ3) is 1.82. The molecule has 4 nitrogen and oxygen atoms in total. The smallest absolute Gasteiger partial charge is 0.155 e. The SMILES string of the molecule is CC(C)(C)c1ncn(CC#N)n1. The van der Waals surface area contributed by atoms with E-state index in [2.05, 4.69) is 10.1 Å². The van der Waals surface area contributed by atoms with Gasteiger partial charge in [0.2, 0.25) is 0 Å². The van der Waals surface area contributed by atoms with E-state index >= 15 is 0 Å². The molecule has 0 N–H and O–H groups in total. The quantitative estimate of drug-likeness (QED) is 0.624. The van der Waals surface area contributed by atoms with Gasteiger partial charge in [0.05, 0.1) is 6.07 Å². The molecule has 0 saturated carbocycles. The van der Waals surface area contributed by atoms with Crippen molar-refractivity contribution in [3.63, 3.8) is 0 Å². The topological polar surface area (TPSA) is 54.5 Å². The Morgan fingerprint density at radius 1 is 1.58 bits per heavy atom. The highest BCUT2D eigenvalue weighted by atomic mass is 15.3. The van der Waals surface area contributed by atoms with Crippen LogP contribution in [0.15, 0.2) is 6.33 Å². The van der Waals surface area contributed by atoms with Crippen molar-refractivity contribution in [3.05, 3.63) is 12.2 Å². The Hall–Kier alpha value is -1.37. The van der Waals surface area contributed by atoms with Gasteiger partial charge in [0.1, 0.15) is 12.9 Å². The third-order valence-electron chi connectivity index (χ3n) is 1.44. The average Bonchev–Trinajstić information content (AvgIpc) is 2.35. The fourth-order valence-corrected chi connectivity index (χ4v) is 0.787. The van der Waals surface area contributed by atoms with Crippen molar-refractivity contribution in [1.82, 2.24) is 14.8 Å². The van der Waals surface area contributed by atoms with Crippen LogP contribution in [-0.4, -0.2) is 14.8 Å². The van der Waals surface area contributed by atoms with Crippen molar-refractivity contribution in [3.8, 4) is 6.07 Å². The van der Waals surface area contributed by atoms with E-state index in [4.69, 9.17) is 5.26 Å². The van der Waals surface area contributed by atoms with Crippen LogP contribution >= 0.6 is 0 Å². The summed E-state index contributed by atoms with van der Waals surface area (Å²) in [5.41, 5.74) is -0.0410. The molecule has 0 unspecified atom stereocenters.